The van der Waals surface area contributed by atoms with Gasteiger partial charge in [-0.15, -0.1) is 0 Å². The number of nitrogens with zero attached hydrogens (tertiary/aromatic N) is 1. The second-order valence-corrected chi connectivity index (χ2v) is 6.99. The fourth-order valence-electron chi connectivity index (χ4n) is 4.35. The van der Waals surface area contributed by atoms with Crippen molar-refractivity contribution in [2.24, 2.45) is 5.92 Å². The molecule has 1 saturated carbocycles. The molecule has 2 aliphatic rings. The summed E-state index contributed by atoms with van der Waals surface area (Å²) in [6.07, 6.45) is 14.2. The van der Waals surface area contributed by atoms with E-state index in [1.807, 2.05) is 0 Å². The zero-order valence-corrected chi connectivity index (χ0v) is 13.9. The van der Waals surface area contributed by atoms with Crippen LogP contribution < -0.4 is 5.32 Å². The van der Waals surface area contributed by atoms with Gasteiger partial charge in [-0.2, -0.15) is 0 Å². The highest BCUT2D eigenvalue weighted by atomic mass is 15.2. The summed E-state index contributed by atoms with van der Waals surface area (Å²) < 4.78 is 0. The van der Waals surface area contributed by atoms with Gasteiger partial charge in [-0.05, 0) is 76.9 Å². The molecule has 0 aromatic rings. The van der Waals surface area contributed by atoms with E-state index in [4.69, 9.17) is 0 Å². The molecule has 2 unspecified atom stereocenters. The maximum absolute atomic E-state index is 3.69. The fourth-order valence-corrected chi connectivity index (χ4v) is 4.35. The van der Waals surface area contributed by atoms with Crippen LogP contribution in [0, 0.1) is 5.92 Å². The van der Waals surface area contributed by atoms with Gasteiger partial charge in [0.05, 0.1) is 0 Å². The van der Waals surface area contributed by atoms with Gasteiger partial charge >= 0.3 is 0 Å². The third-order valence-electron chi connectivity index (χ3n) is 5.53. The Labute approximate surface area is 126 Å². The van der Waals surface area contributed by atoms with Crippen molar-refractivity contribution >= 4 is 0 Å². The van der Waals surface area contributed by atoms with Gasteiger partial charge in [-0.3, -0.25) is 0 Å². The number of hydrogen-bond acceptors (Lipinski definition) is 2. The summed E-state index contributed by atoms with van der Waals surface area (Å²) >= 11 is 0. The lowest BCUT2D eigenvalue weighted by Gasteiger charge is -2.30. The number of hydrogen-bond donors (Lipinski definition) is 1. The Hall–Kier alpha value is -0.0800. The van der Waals surface area contributed by atoms with Gasteiger partial charge in [0.1, 0.15) is 0 Å². The van der Waals surface area contributed by atoms with E-state index in [1.54, 1.807) is 0 Å². The van der Waals surface area contributed by atoms with Crippen molar-refractivity contribution in [3.63, 3.8) is 0 Å². The van der Waals surface area contributed by atoms with Crippen LogP contribution in [0.3, 0.4) is 0 Å². The molecule has 118 valence electrons. The Balaban J connectivity index is 1.66. The zero-order valence-electron chi connectivity index (χ0n) is 13.9. The molecule has 0 spiro atoms. The van der Waals surface area contributed by atoms with Gasteiger partial charge in [0, 0.05) is 12.1 Å². The normalized spacial score (nSPS) is 26.4. The Morgan fingerprint density at radius 3 is 2.60 bits per heavy atom. The van der Waals surface area contributed by atoms with E-state index in [1.165, 1.54) is 83.8 Å². The van der Waals surface area contributed by atoms with E-state index in [-0.39, 0.29) is 0 Å². The third-order valence-corrected chi connectivity index (χ3v) is 5.53. The molecule has 2 heteroatoms. The van der Waals surface area contributed by atoms with Crippen LogP contribution in [0.4, 0.5) is 0 Å². The van der Waals surface area contributed by atoms with Gasteiger partial charge < -0.3 is 10.2 Å². The smallest absolute Gasteiger partial charge is 0.0124 e. The topological polar surface area (TPSA) is 15.3 Å². The Bertz CT molecular complexity index is 248. The molecule has 0 amide bonds. The minimum atomic E-state index is 0.752. The Morgan fingerprint density at radius 2 is 1.90 bits per heavy atom. The highest BCUT2D eigenvalue weighted by Crippen LogP contribution is 2.35. The minimum absolute atomic E-state index is 0.752. The van der Waals surface area contributed by atoms with Crippen LogP contribution >= 0.6 is 0 Å². The molecular formula is C18H36N2. The van der Waals surface area contributed by atoms with Crippen LogP contribution in [-0.4, -0.2) is 36.6 Å². The molecule has 1 aliphatic carbocycles. The predicted molar refractivity (Wildman–Crippen MR) is 88.2 cm³/mol. The first kappa shape index (κ1) is 16.3. The summed E-state index contributed by atoms with van der Waals surface area (Å²) in [4.78, 5) is 2.84. The van der Waals surface area contributed by atoms with Crippen molar-refractivity contribution in [1.29, 1.82) is 0 Å². The predicted octanol–water partition coefficient (Wildman–Crippen LogP) is 4.20. The summed E-state index contributed by atoms with van der Waals surface area (Å²) in [6.45, 7) is 8.50. The van der Waals surface area contributed by atoms with Crippen molar-refractivity contribution in [3.8, 4) is 0 Å². The molecule has 2 rings (SSSR count). The molecule has 0 aromatic heterocycles. The SMILES string of the molecule is CCCNC(CC)CCCN1CCCC1C1CCCC1. The molecule has 1 aliphatic heterocycles. The maximum Gasteiger partial charge on any atom is 0.0124 e. The summed E-state index contributed by atoms with van der Waals surface area (Å²) in [5, 5.41) is 3.69. The maximum atomic E-state index is 3.69. The van der Waals surface area contributed by atoms with Gasteiger partial charge in [-0.25, -0.2) is 0 Å². The van der Waals surface area contributed by atoms with E-state index in [2.05, 4.69) is 24.1 Å². The number of likely N-dealkylation sites (tertiary alicyclic amines) is 1. The Morgan fingerprint density at radius 1 is 1.10 bits per heavy atom. The van der Waals surface area contributed by atoms with E-state index in [0.717, 1.165) is 18.0 Å². The zero-order chi connectivity index (χ0) is 14.2. The average molecular weight is 280 g/mol. The quantitative estimate of drug-likeness (QED) is 0.681. The molecular weight excluding hydrogens is 244 g/mol. The van der Waals surface area contributed by atoms with E-state index >= 15 is 0 Å². The first-order valence-corrected chi connectivity index (χ1v) is 9.32. The van der Waals surface area contributed by atoms with Crippen molar-refractivity contribution in [1.82, 2.24) is 10.2 Å². The van der Waals surface area contributed by atoms with Crippen molar-refractivity contribution < 1.29 is 0 Å². The van der Waals surface area contributed by atoms with Gasteiger partial charge in [0.2, 0.25) is 0 Å². The van der Waals surface area contributed by atoms with Crippen molar-refractivity contribution in [2.45, 2.75) is 90.1 Å². The first-order chi connectivity index (χ1) is 9.85. The van der Waals surface area contributed by atoms with E-state index in [0.29, 0.717) is 0 Å². The Kier molecular flexibility index (Phi) is 7.37. The van der Waals surface area contributed by atoms with Crippen molar-refractivity contribution in [2.75, 3.05) is 19.6 Å². The monoisotopic (exact) mass is 280 g/mol. The molecule has 0 aromatic carbocycles. The van der Waals surface area contributed by atoms with Crippen LogP contribution in [0.5, 0.6) is 0 Å². The summed E-state index contributed by atoms with van der Waals surface area (Å²) in [6, 6.07) is 1.70. The highest BCUT2D eigenvalue weighted by molar-refractivity contribution is 4.87. The lowest BCUT2D eigenvalue weighted by molar-refractivity contribution is 0.185. The second kappa shape index (κ2) is 9.04. The molecule has 1 N–H and O–H groups in total. The lowest BCUT2D eigenvalue weighted by Crippen LogP contribution is -2.36. The molecule has 1 heterocycles. The second-order valence-electron chi connectivity index (χ2n) is 6.99. The molecule has 2 fully saturated rings. The largest absolute Gasteiger partial charge is 0.314 e. The van der Waals surface area contributed by atoms with Crippen LogP contribution in [0.1, 0.15) is 78.1 Å². The van der Waals surface area contributed by atoms with Crippen LogP contribution in [0.2, 0.25) is 0 Å². The summed E-state index contributed by atoms with van der Waals surface area (Å²) in [5.74, 6) is 1.04. The van der Waals surface area contributed by atoms with Gasteiger partial charge in [0.15, 0.2) is 0 Å². The van der Waals surface area contributed by atoms with Crippen LogP contribution in [0.15, 0.2) is 0 Å². The molecule has 2 atom stereocenters. The third kappa shape index (κ3) is 4.73. The molecule has 0 radical (unpaired) electrons. The van der Waals surface area contributed by atoms with Gasteiger partial charge in [-0.1, -0.05) is 26.7 Å². The number of rotatable bonds is 9. The molecule has 1 saturated heterocycles. The fraction of sp³-hybridized carbons (Fsp3) is 1.00. The van der Waals surface area contributed by atoms with Crippen molar-refractivity contribution in [3.05, 3.63) is 0 Å². The molecule has 2 nitrogen and oxygen atoms in total. The van der Waals surface area contributed by atoms with E-state index in [9.17, 15) is 0 Å². The summed E-state index contributed by atoms with van der Waals surface area (Å²) in [7, 11) is 0. The van der Waals surface area contributed by atoms with E-state index < -0.39 is 0 Å². The van der Waals surface area contributed by atoms with Crippen LogP contribution in [-0.2, 0) is 0 Å². The molecule has 0 bridgehead atoms. The summed E-state index contributed by atoms with van der Waals surface area (Å²) in [5.41, 5.74) is 0. The van der Waals surface area contributed by atoms with Crippen LogP contribution in [0.25, 0.3) is 0 Å². The first-order valence-electron chi connectivity index (χ1n) is 9.32. The standard InChI is InChI=1S/C18H36N2/c1-3-13-19-17(4-2)11-7-14-20-15-8-12-18(20)16-9-5-6-10-16/h16-19H,3-15H2,1-2H3. The lowest BCUT2D eigenvalue weighted by atomic mass is 9.96. The van der Waals surface area contributed by atoms with Gasteiger partial charge in [0.25, 0.3) is 0 Å². The molecule has 20 heavy (non-hydrogen) atoms. The minimum Gasteiger partial charge on any atom is -0.314 e. The highest BCUT2D eigenvalue weighted by Gasteiger charge is 2.32. The number of nitrogens with one attached hydrogen (secondary N) is 1. The average Bonchev–Trinajstić information content (AvgIpc) is 3.12.